The highest BCUT2D eigenvalue weighted by Crippen LogP contribution is 2.10. The lowest BCUT2D eigenvalue weighted by atomic mass is 10.1. The minimum absolute atomic E-state index is 0.208. The number of rotatable bonds is 5. The van der Waals surface area contributed by atoms with Crippen molar-refractivity contribution < 1.29 is 0 Å². The summed E-state index contributed by atoms with van der Waals surface area (Å²) in [5.74, 6) is 0. The van der Waals surface area contributed by atoms with Crippen LogP contribution in [-0.4, -0.2) is 23.6 Å². The molecule has 0 atom stereocenters. The number of aromatic nitrogens is 1. The van der Waals surface area contributed by atoms with E-state index in [0.29, 0.717) is 0 Å². The van der Waals surface area contributed by atoms with Gasteiger partial charge in [0.15, 0.2) is 0 Å². The zero-order chi connectivity index (χ0) is 11.3. The third-order valence-electron chi connectivity index (χ3n) is 1.90. The molecule has 0 spiro atoms. The van der Waals surface area contributed by atoms with Gasteiger partial charge in [-0.05, 0) is 27.7 Å². The molecule has 0 aliphatic rings. The molecular weight excluding hydrogens is 206 g/mol. The summed E-state index contributed by atoms with van der Waals surface area (Å²) < 4.78 is 0. The highest BCUT2D eigenvalue weighted by atomic mass is 32.1. The predicted molar refractivity (Wildman–Crippen MR) is 66.3 cm³/mol. The van der Waals surface area contributed by atoms with Crippen LogP contribution in [0.15, 0.2) is 6.20 Å². The number of hydrogen-bond acceptors (Lipinski definition) is 4. The first-order valence-corrected chi connectivity index (χ1v) is 6.16. The Morgan fingerprint density at radius 3 is 2.60 bits per heavy atom. The maximum Gasteiger partial charge on any atom is 0.107 e. The van der Waals surface area contributed by atoms with E-state index in [9.17, 15) is 0 Å². The molecule has 1 heterocycles. The highest BCUT2D eigenvalue weighted by molar-refractivity contribution is 7.11. The zero-order valence-corrected chi connectivity index (χ0v) is 10.9. The Labute approximate surface area is 96.3 Å². The number of thiazole rings is 1. The monoisotopic (exact) mass is 227 g/mol. The lowest BCUT2D eigenvalue weighted by molar-refractivity contribution is 0.421. The molecule has 0 aliphatic heterocycles. The quantitative estimate of drug-likeness (QED) is 0.755. The lowest BCUT2D eigenvalue weighted by Gasteiger charge is -2.20. The molecule has 2 N–H and O–H groups in total. The molecule has 1 aromatic heterocycles. The van der Waals surface area contributed by atoms with E-state index in [4.69, 9.17) is 0 Å². The Morgan fingerprint density at radius 1 is 1.33 bits per heavy atom. The summed E-state index contributed by atoms with van der Waals surface area (Å²) in [6.07, 6.45) is 1.93. The predicted octanol–water partition coefficient (Wildman–Crippen LogP) is 1.93. The van der Waals surface area contributed by atoms with Crippen molar-refractivity contribution in [3.05, 3.63) is 16.1 Å². The summed E-state index contributed by atoms with van der Waals surface area (Å²) in [6.45, 7) is 11.5. The summed E-state index contributed by atoms with van der Waals surface area (Å²) in [4.78, 5) is 5.58. The Morgan fingerprint density at radius 2 is 2.07 bits per heavy atom. The van der Waals surface area contributed by atoms with E-state index in [0.717, 1.165) is 19.6 Å². The van der Waals surface area contributed by atoms with Gasteiger partial charge < -0.3 is 10.6 Å². The Hall–Kier alpha value is -0.450. The second-order valence-electron chi connectivity index (χ2n) is 4.72. The van der Waals surface area contributed by atoms with E-state index in [1.54, 1.807) is 11.3 Å². The maximum absolute atomic E-state index is 4.30. The van der Waals surface area contributed by atoms with Gasteiger partial charge >= 0.3 is 0 Å². The SMILES string of the molecule is Cc1cnc(CNCCNC(C)(C)C)s1. The molecule has 0 fully saturated rings. The van der Waals surface area contributed by atoms with Crippen LogP contribution in [0.2, 0.25) is 0 Å². The van der Waals surface area contributed by atoms with Crippen LogP contribution in [0.3, 0.4) is 0 Å². The fourth-order valence-corrected chi connectivity index (χ4v) is 1.96. The van der Waals surface area contributed by atoms with Gasteiger partial charge in [0.1, 0.15) is 5.01 Å². The van der Waals surface area contributed by atoms with E-state index < -0.39 is 0 Å². The zero-order valence-electron chi connectivity index (χ0n) is 10.1. The fraction of sp³-hybridized carbons (Fsp3) is 0.727. The normalized spacial score (nSPS) is 12.0. The average molecular weight is 227 g/mol. The second-order valence-corrected chi connectivity index (χ2v) is 6.04. The summed E-state index contributed by atoms with van der Waals surface area (Å²) in [5.41, 5.74) is 0.208. The molecule has 0 aromatic carbocycles. The van der Waals surface area contributed by atoms with Gasteiger partial charge in [-0.15, -0.1) is 11.3 Å². The van der Waals surface area contributed by atoms with Crippen LogP contribution in [-0.2, 0) is 6.54 Å². The Balaban J connectivity index is 2.07. The first kappa shape index (κ1) is 12.6. The molecule has 3 nitrogen and oxygen atoms in total. The van der Waals surface area contributed by atoms with E-state index >= 15 is 0 Å². The van der Waals surface area contributed by atoms with Crippen molar-refractivity contribution in [2.24, 2.45) is 0 Å². The lowest BCUT2D eigenvalue weighted by Crippen LogP contribution is -2.40. The van der Waals surface area contributed by atoms with Crippen molar-refractivity contribution in [2.45, 2.75) is 39.8 Å². The first-order valence-electron chi connectivity index (χ1n) is 5.34. The topological polar surface area (TPSA) is 37.0 Å². The molecule has 1 rings (SSSR count). The maximum atomic E-state index is 4.30. The molecule has 0 bridgehead atoms. The highest BCUT2D eigenvalue weighted by Gasteiger charge is 2.06. The van der Waals surface area contributed by atoms with Gasteiger partial charge in [0.2, 0.25) is 0 Å². The molecular formula is C11H21N3S. The van der Waals surface area contributed by atoms with E-state index in [1.807, 2.05) is 6.20 Å². The van der Waals surface area contributed by atoms with Crippen molar-refractivity contribution in [1.82, 2.24) is 15.6 Å². The molecule has 4 heteroatoms. The van der Waals surface area contributed by atoms with Crippen LogP contribution in [0.25, 0.3) is 0 Å². The molecule has 86 valence electrons. The molecule has 0 aliphatic carbocycles. The van der Waals surface area contributed by atoms with Gasteiger partial charge in [0.05, 0.1) is 0 Å². The summed E-state index contributed by atoms with van der Waals surface area (Å²) in [5, 5.41) is 7.98. The van der Waals surface area contributed by atoms with E-state index in [2.05, 4.69) is 43.3 Å². The molecule has 1 aromatic rings. The molecule has 15 heavy (non-hydrogen) atoms. The van der Waals surface area contributed by atoms with E-state index in [1.165, 1.54) is 9.88 Å². The van der Waals surface area contributed by atoms with Crippen molar-refractivity contribution in [3.63, 3.8) is 0 Å². The first-order chi connectivity index (χ1) is 6.97. The number of nitrogens with zero attached hydrogens (tertiary/aromatic N) is 1. The third kappa shape index (κ3) is 5.87. The summed E-state index contributed by atoms with van der Waals surface area (Å²) >= 11 is 1.76. The number of hydrogen-bond donors (Lipinski definition) is 2. The van der Waals surface area contributed by atoms with E-state index in [-0.39, 0.29) is 5.54 Å². The minimum atomic E-state index is 0.208. The van der Waals surface area contributed by atoms with Gasteiger partial charge in [0.25, 0.3) is 0 Å². The molecule has 0 amide bonds. The van der Waals surface area contributed by atoms with Crippen molar-refractivity contribution in [3.8, 4) is 0 Å². The fourth-order valence-electron chi connectivity index (χ4n) is 1.20. The molecule has 0 radical (unpaired) electrons. The van der Waals surface area contributed by atoms with Gasteiger partial charge in [-0.25, -0.2) is 4.98 Å². The Bertz CT molecular complexity index is 288. The molecule has 0 saturated heterocycles. The van der Waals surface area contributed by atoms with Gasteiger partial charge in [-0.2, -0.15) is 0 Å². The van der Waals surface area contributed by atoms with Crippen LogP contribution < -0.4 is 10.6 Å². The van der Waals surface area contributed by atoms with Gasteiger partial charge in [-0.1, -0.05) is 0 Å². The standard InChI is InChI=1S/C11H21N3S/c1-9-7-13-10(15-9)8-12-5-6-14-11(2,3)4/h7,12,14H,5-6,8H2,1-4H3. The summed E-state index contributed by atoms with van der Waals surface area (Å²) in [6, 6.07) is 0. The van der Waals surface area contributed by atoms with Crippen molar-refractivity contribution in [1.29, 1.82) is 0 Å². The smallest absolute Gasteiger partial charge is 0.107 e. The van der Waals surface area contributed by atoms with Gasteiger partial charge in [-0.3, -0.25) is 0 Å². The number of aryl methyl sites for hydroxylation is 1. The Kier molecular flexibility index (Phi) is 4.70. The van der Waals surface area contributed by atoms with Crippen LogP contribution >= 0.6 is 11.3 Å². The van der Waals surface area contributed by atoms with Crippen LogP contribution in [0.4, 0.5) is 0 Å². The van der Waals surface area contributed by atoms with Crippen LogP contribution in [0.5, 0.6) is 0 Å². The summed E-state index contributed by atoms with van der Waals surface area (Å²) in [7, 11) is 0. The third-order valence-corrected chi connectivity index (χ3v) is 2.82. The van der Waals surface area contributed by atoms with Crippen LogP contribution in [0.1, 0.15) is 30.7 Å². The molecule has 0 unspecified atom stereocenters. The minimum Gasteiger partial charge on any atom is -0.311 e. The van der Waals surface area contributed by atoms with Crippen molar-refractivity contribution in [2.75, 3.05) is 13.1 Å². The number of nitrogens with one attached hydrogen (secondary N) is 2. The van der Waals surface area contributed by atoms with Crippen LogP contribution in [0, 0.1) is 6.92 Å². The van der Waals surface area contributed by atoms with Gasteiger partial charge in [0, 0.05) is 36.2 Å². The molecule has 0 saturated carbocycles. The van der Waals surface area contributed by atoms with Crippen molar-refractivity contribution >= 4 is 11.3 Å². The largest absolute Gasteiger partial charge is 0.311 e. The second kappa shape index (κ2) is 5.58. The average Bonchev–Trinajstić information content (AvgIpc) is 2.49.